The minimum Gasteiger partial charge on any atom is 1.00 e. The van der Waals surface area contributed by atoms with Crippen LogP contribution in [0.3, 0.4) is 0 Å². The number of rotatable bonds is 7. The Balaban J connectivity index is 0.00000272. The summed E-state index contributed by atoms with van der Waals surface area (Å²) in [4.78, 5) is 17.6. The number of carboxylic acid groups (broad SMARTS) is 1. The Bertz CT molecular complexity index is 1050. The molecule has 0 bridgehead atoms. The number of likely N-dealkylation sites (tertiary alicyclic amines) is 1. The molecule has 1 aliphatic heterocycles. The van der Waals surface area contributed by atoms with Gasteiger partial charge in [0.05, 0.1) is 0 Å². The number of carboxylic acids is 1. The van der Waals surface area contributed by atoms with Gasteiger partial charge in [0.25, 0.3) is 0 Å². The van der Waals surface area contributed by atoms with E-state index in [4.69, 9.17) is 16.3 Å². The quantitative estimate of drug-likeness (QED) is 0.421. The number of aromatic nitrogens is 1. The molecule has 0 spiro atoms. The van der Waals surface area contributed by atoms with Gasteiger partial charge in [-0.15, -0.1) is 0 Å². The summed E-state index contributed by atoms with van der Waals surface area (Å²) in [6.07, 6.45) is 2.02. The minimum absolute atomic E-state index is 0. The van der Waals surface area contributed by atoms with Crippen molar-refractivity contribution in [3.63, 3.8) is 0 Å². The molecule has 0 aliphatic carbocycles. The molecule has 0 amide bonds. The Morgan fingerprint density at radius 1 is 1.23 bits per heavy atom. The van der Waals surface area contributed by atoms with Crippen molar-refractivity contribution in [3.8, 4) is 25.9 Å². The van der Waals surface area contributed by atoms with Gasteiger partial charge in [0.2, 0.25) is 0 Å². The van der Waals surface area contributed by atoms with E-state index in [2.05, 4.69) is 34.1 Å². The number of hydrogen-bond donors (Lipinski definition) is 0. The molecule has 8 heteroatoms. The Hall–Kier alpha value is -1.11. The second-order valence-electron chi connectivity index (χ2n) is 7.75. The topological polar surface area (TPSA) is 65.5 Å². The van der Waals surface area contributed by atoms with Gasteiger partial charge < -0.3 is 0 Å². The zero-order chi connectivity index (χ0) is 21.3. The monoisotopic (exact) mass is 512 g/mol. The van der Waals surface area contributed by atoms with Crippen LogP contribution in [0.2, 0.25) is 5.02 Å². The van der Waals surface area contributed by atoms with Crippen LogP contribution in [0, 0.1) is 5.92 Å². The van der Waals surface area contributed by atoms with E-state index in [0.29, 0.717) is 23.9 Å². The third kappa shape index (κ3) is 6.02. The van der Waals surface area contributed by atoms with Crippen LogP contribution in [-0.2, 0) is 11.3 Å². The van der Waals surface area contributed by atoms with Crippen LogP contribution in [0.15, 0.2) is 48.7 Å². The average Bonchev–Trinajstić information content (AvgIpc) is 3.16. The van der Waals surface area contributed by atoms with E-state index in [-0.39, 0.29) is 56.1 Å². The molecule has 1 aromatic heterocycles. The number of halogens is 1. The van der Waals surface area contributed by atoms with Crippen LogP contribution in [0.5, 0.6) is 5.75 Å². The Morgan fingerprint density at radius 3 is 2.52 bits per heavy atom. The Morgan fingerprint density at radius 2 is 1.90 bits per heavy atom. The van der Waals surface area contributed by atoms with Crippen molar-refractivity contribution in [2.45, 2.75) is 26.5 Å². The molecule has 2 heterocycles. The van der Waals surface area contributed by atoms with Crippen molar-refractivity contribution < 1.29 is 44.2 Å². The van der Waals surface area contributed by atoms with Crippen LogP contribution in [-0.4, -0.2) is 49.6 Å². The summed E-state index contributed by atoms with van der Waals surface area (Å²) >= 11 is 6.48. The molecule has 0 unspecified atom stereocenters. The van der Waals surface area contributed by atoms with E-state index in [0.717, 1.165) is 16.7 Å². The van der Waals surface area contributed by atoms with Gasteiger partial charge in [0.1, 0.15) is 0 Å². The SMILES string of the molecule is CC(C)Oc1ccc(-c2ncc(-c3ccc(CN4CC(C(=O)[O-])C4)cc3)[se]2)cc1Cl.[Na+]. The van der Waals surface area contributed by atoms with Gasteiger partial charge in [-0.25, -0.2) is 0 Å². The maximum absolute atomic E-state index is 10.8. The molecule has 1 aliphatic rings. The number of ether oxygens (including phenoxy) is 1. The van der Waals surface area contributed by atoms with E-state index >= 15 is 0 Å². The van der Waals surface area contributed by atoms with Crippen LogP contribution < -0.4 is 39.4 Å². The Labute approximate surface area is 215 Å². The van der Waals surface area contributed by atoms with Crippen LogP contribution in [0.25, 0.3) is 20.1 Å². The molecule has 0 saturated carbocycles. The van der Waals surface area contributed by atoms with Gasteiger partial charge in [0, 0.05) is 0 Å². The first-order valence-electron chi connectivity index (χ1n) is 9.84. The van der Waals surface area contributed by atoms with Gasteiger partial charge in [-0.3, -0.25) is 0 Å². The molecule has 3 aromatic rings. The molecule has 1 saturated heterocycles. The first-order chi connectivity index (χ1) is 14.4. The normalized spacial score (nSPS) is 14.2. The van der Waals surface area contributed by atoms with Crippen molar-refractivity contribution in [1.82, 2.24) is 9.88 Å². The first kappa shape index (κ1) is 24.5. The number of aliphatic carboxylic acids is 1. The summed E-state index contributed by atoms with van der Waals surface area (Å²) in [5.41, 5.74) is 3.37. The van der Waals surface area contributed by atoms with Crippen molar-refractivity contribution in [2.75, 3.05) is 13.1 Å². The third-order valence-corrected chi connectivity index (χ3v) is 7.58. The van der Waals surface area contributed by atoms with E-state index in [1.165, 1.54) is 15.6 Å². The summed E-state index contributed by atoms with van der Waals surface area (Å²) in [6, 6.07) is 14.3. The minimum atomic E-state index is -0.948. The average molecular weight is 512 g/mol. The molecule has 1 fully saturated rings. The number of hydrogen-bond acceptors (Lipinski definition) is 5. The fraction of sp³-hybridized carbons (Fsp3) is 0.304. The second-order valence-corrected chi connectivity index (χ2v) is 10.3. The molecular formula is C23H22ClN2NaO3Se. The predicted molar refractivity (Wildman–Crippen MR) is 117 cm³/mol. The fourth-order valence-electron chi connectivity index (χ4n) is 3.41. The van der Waals surface area contributed by atoms with Gasteiger partial charge in [0.15, 0.2) is 0 Å². The van der Waals surface area contributed by atoms with Gasteiger partial charge in [-0.1, -0.05) is 0 Å². The Kier molecular flexibility index (Phi) is 8.44. The van der Waals surface area contributed by atoms with E-state index < -0.39 is 5.97 Å². The fourth-order valence-corrected chi connectivity index (χ4v) is 5.56. The number of carbonyl (C=O) groups excluding carboxylic acids is 1. The van der Waals surface area contributed by atoms with Crippen LogP contribution in [0.4, 0.5) is 0 Å². The zero-order valence-electron chi connectivity index (χ0n) is 17.8. The van der Waals surface area contributed by atoms with Crippen molar-refractivity contribution in [2.24, 2.45) is 5.92 Å². The van der Waals surface area contributed by atoms with E-state index in [1.54, 1.807) is 0 Å². The molecule has 2 aromatic carbocycles. The predicted octanol–water partition coefficient (Wildman–Crippen LogP) is 0.0989. The van der Waals surface area contributed by atoms with Gasteiger partial charge in [-0.05, 0) is 0 Å². The van der Waals surface area contributed by atoms with Gasteiger partial charge in [-0.2, -0.15) is 0 Å². The van der Waals surface area contributed by atoms with Gasteiger partial charge >= 0.3 is 217 Å². The summed E-state index contributed by atoms with van der Waals surface area (Å²) in [5.74, 6) is -0.583. The van der Waals surface area contributed by atoms with E-state index in [1.807, 2.05) is 38.2 Å². The molecule has 4 rings (SSSR count). The molecule has 0 atom stereocenters. The molecule has 156 valence electrons. The smallest absolute Gasteiger partial charge is 1.00 e. The summed E-state index contributed by atoms with van der Waals surface area (Å²) in [7, 11) is 0. The zero-order valence-corrected chi connectivity index (χ0v) is 22.3. The maximum Gasteiger partial charge on any atom is 1.00 e. The number of benzene rings is 2. The van der Waals surface area contributed by atoms with Crippen molar-refractivity contribution >= 4 is 32.1 Å². The molecule has 0 N–H and O–H groups in total. The maximum atomic E-state index is 10.8. The van der Waals surface area contributed by atoms with Crippen LogP contribution >= 0.6 is 11.6 Å². The molecule has 5 nitrogen and oxygen atoms in total. The number of carbonyl (C=O) groups is 1. The largest absolute Gasteiger partial charge is 1.00 e. The standard InChI is InChI=1S/C23H23ClN2O3Se.Na/c1-14(2)29-20-8-7-17(9-19(20)24)22-25-10-21(30-22)16-5-3-15(4-6-16)11-26-12-18(13-26)23(27)28;/h3-10,14,18H,11-13H2,1-2H3,(H,27,28);/q;+1/p-1. The molecule has 0 radical (unpaired) electrons. The third-order valence-electron chi connectivity index (χ3n) is 4.98. The second kappa shape index (κ2) is 10.7. The summed E-state index contributed by atoms with van der Waals surface area (Å²) in [6.45, 7) is 5.85. The van der Waals surface area contributed by atoms with Crippen molar-refractivity contribution in [1.29, 1.82) is 0 Å². The molecular weight excluding hydrogens is 490 g/mol. The first-order valence-corrected chi connectivity index (χ1v) is 11.9. The molecule has 31 heavy (non-hydrogen) atoms. The van der Waals surface area contributed by atoms with Crippen molar-refractivity contribution in [3.05, 3.63) is 59.2 Å². The summed E-state index contributed by atoms with van der Waals surface area (Å²) in [5, 5.41) is 11.4. The van der Waals surface area contributed by atoms with E-state index in [9.17, 15) is 9.90 Å². The van der Waals surface area contributed by atoms with Crippen LogP contribution in [0.1, 0.15) is 19.4 Å². The number of nitrogens with zero attached hydrogens (tertiary/aromatic N) is 2. The summed E-state index contributed by atoms with van der Waals surface area (Å²) < 4.78 is 7.98.